The van der Waals surface area contributed by atoms with Gasteiger partial charge in [0.15, 0.2) is 10.9 Å². The lowest BCUT2D eigenvalue weighted by Gasteiger charge is -2.15. The molecule has 0 radical (unpaired) electrons. The first-order valence-electron chi connectivity index (χ1n) is 9.11. The average Bonchev–Trinajstić information content (AvgIpc) is 3.04. The number of nitrogens with one attached hydrogen (secondary N) is 1. The van der Waals surface area contributed by atoms with Crippen molar-refractivity contribution in [3.63, 3.8) is 0 Å². The molecular weight excluding hydrogens is 362 g/mol. The van der Waals surface area contributed by atoms with Crippen molar-refractivity contribution in [3.8, 4) is 0 Å². The summed E-state index contributed by atoms with van der Waals surface area (Å²) < 4.78 is 0. The molecule has 2 aromatic rings. The monoisotopic (exact) mass is 385 g/mol. The van der Waals surface area contributed by atoms with Crippen molar-refractivity contribution < 1.29 is 9.59 Å². The van der Waals surface area contributed by atoms with Crippen LogP contribution in [0.1, 0.15) is 48.8 Å². The largest absolute Gasteiger partial charge is 0.312 e. The normalized spacial score (nSPS) is 14.1. The average molecular weight is 385 g/mol. The highest BCUT2D eigenvalue weighted by molar-refractivity contribution is 8.00. The molecule has 0 unspecified atom stereocenters. The number of hydrogen-bond donors (Lipinski definition) is 1. The van der Waals surface area contributed by atoms with Gasteiger partial charge in [-0.05, 0) is 43.5 Å². The maximum absolute atomic E-state index is 12.8. The standard InChI is InChI=1S/C20H23N3O3S/c1-4-5-16-11-18(25)22-20(21-16)27-12(2)19(26)15-6-7-17-14(10-15)8-9-23(17)13(3)24/h6-7,10-12H,4-5,8-9H2,1-3H3,(H,21,22,25)/t12-/m0/s1. The van der Waals surface area contributed by atoms with E-state index in [4.69, 9.17) is 0 Å². The first-order chi connectivity index (χ1) is 12.9. The molecule has 7 heteroatoms. The molecule has 1 aliphatic heterocycles. The van der Waals surface area contributed by atoms with E-state index >= 15 is 0 Å². The van der Waals surface area contributed by atoms with Crippen molar-refractivity contribution in [1.82, 2.24) is 9.97 Å². The van der Waals surface area contributed by atoms with Gasteiger partial charge in [-0.2, -0.15) is 0 Å². The summed E-state index contributed by atoms with van der Waals surface area (Å²) in [4.78, 5) is 45.2. The van der Waals surface area contributed by atoms with Gasteiger partial charge >= 0.3 is 0 Å². The Morgan fingerprint density at radius 1 is 1.33 bits per heavy atom. The van der Waals surface area contributed by atoms with Crippen LogP contribution in [0.5, 0.6) is 0 Å². The van der Waals surface area contributed by atoms with Crippen LogP contribution in [0.2, 0.25) is 0 Å². The molecule has 1 aliphatic rings. The number of aromatic nitrogens is 2. The maximum atomic E-state index is 12.8. The van der Waals surface area contributed by atoms with Gasteiger partial charge in [-0.15, -0.1) is 0 Å². The number of carbonyl (C=O) groups excluding carboxylic acids is 2. The Hall–Kier alpha value is -2.41. The second kappa shape index (κ2) is 8.08. The van der Waals surface area contributed by atoms with Gasteiger partial charge in [0, 0.05) is 36.5 Å². The molecule has 0 aliphatic carbocycles. The van der Waals surface area contributed by atoms with E-state index in [9.17, 15) is 14.4 Å². The highest BCUT2D eigenvalue weighted by atomic mass is 32.2. The van der Waals surface area contributed by atoms with Gasteiger partial charge in [-0.1, -0.05) is 25.1 Å². The Bertz CT molecular complexity index is 938. The zero-order valence-corrected chi connectivity index (χ0v) is 16.6. The number of hydrogen-bond acceptors (Lipinski definition) is 5. The Labute approximate surface area is 162 Å². The summed E-state index contributed by atoms with van der Waals surface area (Å²) in [6.45, 7) is 6.05. The summed E-state index contributed by atoms with van der Waals surface area (Å²) >= 11 is 1.26. The van der Waals surface area contributed by atoms with E-state index in [1.807, 2.05) is 26.0 Å². The van der Waals surface area contributed by atoms with Crippen LogP contribution in [-0.2, 0) is 17.6 Å². The Morgan fingerprint density at radius 3 is 2.81 bits per heavy atom. The first-order valence-corrected chi connectivity index (χ1v) is 9.99. The van der Waals surface area contributed by atoms with E-state index in [1.165, 1.54) is 17.8 Å². The van der Waals surface area contributed by atoms with Gasteiger partial charge in [-0.25, -0.2) is 4.98 Å². The number of nitrogens with zero attached hydrogens (tertiary/aromatic N) is 2. The third-order valence-corrected chi connectivity index (χ3v) is 5.56. The Balaban J connectivity index is 1.77. The minimum atomic E-state index is -0.381. The minimum absolute atomic E-state index is 0.0127. The molecule has 1 atom stereocenters. The number of anilines is 1. The summed E-state index contributed by atoms with van der Waals surface area (Å²) in [5, 5.41) is 0.0871. The fourth-order valence-corrected chi connectivity index (χ4v) is 4.17. The van der Waals surface area contributed by atoms with Crippen LogP contribution >= 0.6 is 11.8 Å². The van der Waals surface area contributed by atoms with Gasteiger partial charge < -0.3 is 9.88 Å². The number of carbonyl (C=O) groups is 2. The maximum Gasteiger partial charge on any atom is 0.251 e. The summed E-state index contributed by atoms with van der Waals surface area (Å²) in [6, 6.07) is 6.99. The fourth-order valence-electron chi connectivity index (χ4n) is 3.26. The van der Waals surface area contributed by atoms with E-state index in [0.29, 0.717) is 17.3 Å². The predicted molar refractivity (Wildman–Crippen MR) is 107 cm³/mol. The lowest BCUT2D eigenvalue weighted by atomic mass is 10.0. The van der Waals surface area contributed by atoms with Gasteiger partial charge in [0.25, 0.3) is 5.56 Å². The minimum Gasteiger partial charge on any atom is -0.312 e. The van der Waals surface area contributed by atoms with Crippen LogP contribution in [0.15, 0.2) is 34.2 Å². The quantitative estimate of drug-likeness (QED) is 0.469. The Morgan fingerprint density at radius 2 is 2.11 bits per heavy atom. The number of fused-ring (bicyclic) bond motifs is 1. The molecule has 3 rings (SSSR count). The summed E-state index contributed by atoms with van der Waals surface area (Å²) in [5.74, 6) is -0.00800. The summed E-state index contributed by atoms with van der Waals surface area (Å²) in [6.07, 6.45) is 2.39. The number of aryl methyl sites for hydroxylation is 1. The van der Waals surface area contributed by atoms with Crippen LogP contribution in [0.25, 0.3) is 0 Å². The number of amides is 1. The molecule has 1 aromatic carbocycles. The van der Waals surface area contributed by atoms with Gasteiger partial charge in [0.05, 0.1) is 5.25 Å². The molecule has 1 N–H and O–H groups in total. The molecular formula is C20H23N3O3S. The number of aromatic amines is 1. The van der Waals surface area contributed by atoms with Crippen LogP contribution in [0.3, 0.4) is 0 Å². The van der Waals surface area contributed by atoms with E-state index in [0.717, 1.165) is 36.2 Å². The SMILES string of the molecule is CCCc1cc(=O)[nH]c(S[C@@H](C)C(=O)c2ccc3c(c2)CCN3C(C)=O)n1. The van der Waals surface area contributed by atoms with Crippen molar-refractivity contribution in [2.24, 2.45) is 0 Å². The first kappa shape index (κ1) is 19.4. The van der Waals surface area contributed by atoms with Gasteiger partial charge in [0.2, 0.25) is 5.91 Å². The molecule has 1 amide bonds. The highest BCUT2D eigenvalue weighted by Crippen LogP contribution is 2.30. The van der Waals surface area contributed by atoms with E-state index in [2.05, 4.69) is 9.97 Å². The van der Waals surface area contributed by atoms with Gasteiger partial charge in [0.1, 0.15) is 0 Å². The molecule has 0 bridgehead atoms. The van der Waals surface area contributed by atoms with Crippen LogP contribution in [0.4, 0.5) is 5.69 Å². The second-order valence-corrected chi connectivity index (χ2v) is 8.01. The lowest BCUT2D eigenvalue weighted by Crippen LogP contribution is -2.25. The second-order valence-electron chi connectivity index (χ2n) is 6.68. The van der Waals surface area contributed by atoms with Crippen LogP contribution < -0.4 is 10.5 Å². The molecule has 0 fully saturated rings. The predicted octanol–water partition coefficient (Wildman–Crippen LogP) is 2.99. The zero-order valence-electron chi connectivity index (χ0n) is 15.7. The van der Waals surface area contributed by atoms with E-state index in [1.54, 1.807) is 17.9 Å². The van der Waals surface area contributed by atoms with Crippen molar-refractivity contribution in [3.05, 3.63) is 51.4 Å². The number of Topliss-reactive ketones (excluding diaryl/α,β-unsaturated/α-hetero) is 1. The van der Waals surface area contributed by atoms with Crippen molar-refractivity contribution in [2.45, 2.75) is 50.4 Å². The molecule has 142 valence electrons. The van der Waals surface area contributed by atoms with Crippen molar-refractivity contribution in [2.75, 3.05) is 11.4 Å². The molecule has 0 spiro atoms. The number of H-pyrrole nitrogens is 1. The molecule has 0 saturated carbocycles. The number of thioether (sulfide) groups is 1. The van der Waals surface area contributed by atoms with E-state index in [-0.39, 0.29) is 22.5 Å². The number of benzene rings is 1. The van der Waals surface area contributed by atoms with Crippen molar-refractivity contribution in [1.29, 1.82) is 0 Å². The number of ketones is 1. The molecule has 0 saturated heterocycles. The lowest BCUT2D eigenvalue weighted by molar-refractivity contribution is -0.116. The van der Waals surface area contributed by atoms with Crippen LogP contribution in [-0.4, -0.2) is 33.5 Å². The third-order valence-electron chi connectivity index (χ3n) is 4.58. The number of rotatable bonds is 6. The van der Waals surface area contributed by atoms with Gasteiger partial charge in [-0.3, -0.25) is 14.4 Å². The molecule has 27 heavy (non-hydrogen) atoms. The topological polar surface area (TPSA) is 83.1 Å². The molecule has 1 aromatic heterocycles. The fraction of sp³-hybridized carbons (Fsp3) is 0.400. The van der Waals surface area contributed by atoms with Crippen molar-refractivity contribution >= 4 is 29.1 Å². The van der Waals surface area contributed by atoms with Crippen LogP contribution in [0, 0.1) is 0 Å². The summed E-state index contributed by atoms with van der Waals surface area (Å²) in [5.41, 5.74) is 3.07. The van der Waals surface area contributed by atoms with E-state index < -0.39 is 0 Å². The smallest absolute Gasteiger partial charge is 0.251 e. The summed E-state index contributed by atoms with van der Waals surface area (Å²) in [7, 11) is 0. The zero-order chi connectivity index (χ0) is 19.6. The Kier molecular flexibility index (Phi) is 5.79. The highest BCUT2D eigenvalue weighted by Gasteiger charge is 2.25. The third kappa shape index (κ3) is 4.30. The molecule has 2 heterocycles. The molecule has 6 nitrogen and oxygen atoms in total.